The van der Waals surface area contributed by atoms with E-state index in [1.165, 1.54) is 360 Å². The van der Waals surface area contributed by atoms with Crippen molar-refractivity contribution in [1.82, 2.24) is 5.32 Å². The van der Waals surface area contributed by atoms with E-state index in [2.05, 4.69) is 19.2 Å². The molecule has 1 amide bonds. The molecular weight excluding hydrogens is 971 g/mol. The number of hydrogen-bond acceptors (Lipinski definition) is 5. The van der Waals surface area contributed by atoms with Crippen molar-refractivity contribution >= 4 is 11.9 Å². The van der Waals surface area contributed by atoms with E-state index in [1.54, 1.807) is 0 Å². The third-order valence-electron chi connectivity index (χ3n) is 17.7. The maximum Gasteiger partial charge on any atom is 0.305 e. The number of hydrogen-bond donors (Lipinski definition) is 3. The van der Waals surface area contributed by atoms with E-state index in [9.17, 15) is 19.8 Å². The summed E-state index contributed by atoms with van der Waals surface area (Å²) >= 11 is 0. The molecule has 6 heteroatoms. The van der Waals surface area contributed by atoms with Gasteiger partial charge in [-0.25, -0.2) is 0 Å². The van der Waals surface area contributed by atoms with Gasteiger partial charge in [-0.15, -0.1) is 0 Å². The van der Waals surface area contributed by atoms with Crippen molar-refractivity contribution in [2.24, 2.45) is 0 Å². The van der Waals surface area contributed by atoms with E-state index >= 15 is 0 Å². The van der Waals surface area contributed by atoms with Gasteiger partial charge in [-0.1, -0.05) is 393 Å². The third-order valence-corrected chi connectivity index (χ3v) is 17.7. The maximum absolute atomic E-state index is 12.5. The molecule has 0 heterocycles. The molecule has 79 heavy (non-hydrogen) atoms. The minimum absolute atomic E-state index is 0.0224. The van der Waals surface area contributed by atoms with Gasteiger partial charge in [-0.3, -0.25) is 9.59 Å². The molecule has 472 valence electrons. The normalized spacial score (nSPS) is 12.4. The van der Waals surface area contributed by atoms with Crippen LogP contribution >= 0.6 is 0 Å². The maximum atomic E-state index is 12.5. The molecule has 0 aliphatic rings. The molecule has 0 aromatic carbocycles. The molecule has 0 saturated heterocycles. The van der Waals surface area contributed by atoms with Crippen LogP contribution in [0.5, 0.6) is 0 Å². The number of aliphatic hydroxyl groups is 2. The van der Waals surface area contributed by atoms with E-state index < -0.39 is 12.1 Å². The Kier molecular flexibility index (Phi) is 68.4. The molecular formula is C73H145NO5. The van der Waals surface area contributed by atoms with Gasteiger partial charge in [0.2, 0.25) is 5.91 Å². The summed E-state index contributed by atoms with van der Waals surface area (Å²) in [5.41, 5.74) is 0. The molecule has 0 rings (SSSR count). The number of unbranched alkanes of at least 4 members (excludes halogenated alkanes) is 59. The van der Waals surface area contributed by atoms with Crippen molar-refractivity contribution < 1.29 is 24.5 Å². The zero-order chi connectivity index (χ0) is 57.1. The lowest BCUT2D eigenvalue weighted by atomic mass is 10.0. The summed E-state index contributed by atoms with van der Waals surface area (Å²) < 4.78 is 5.49. The molecule has 0 bridgehead atoms. The average Bonchev–Trinajstić information content (AvgIpc) is 3.45. The second-order valence-electron chi connectivity index (χ2n) is 25.6. The molecule has 6 nitrogen and oxygen atoms in total. The Morgan fingerprint density at radius 2 is 0.519 bits per heavy atom. The Hall–Kier alpha value is -1.14. The van der Waals surface area contributed by atoms with E-state index in [0.29, 0.717) is 25.9 Å². The van der Waals surface area contributed by atoms with Crippen LogP contribution in [0, 0.1) is 0 Å². The van der Waals surface area contributed by atoms with Gasteiger partial charge in [-0.05, 0) is 25.7 Å². The number of rotatable bonds is 70. The van der Waals surface area contributed by atoms with E-state index in [0.717, 1.165) is 38.5 Å². The first-order valence-electron chi connectivity index (χ1n) is 36.8. The Bertz CT molecular complexity index is 1150. The van der Waals surface area contributed by atoms with Crippen molar-refractivity contribution in [2.45, 2.75) is 443 Å². The van der Waals surface area contributed by atoms with Crippen molar-refractivity contribution in [3.63, 3.8) is 0 Å². The molecule has 0 aliphatic heterocycles. The van der Waals surface area contributed by atoms with Gasteiger partial charge in [0.05, 0.1) is 25.4 Å². The molecule has 2 unspecified atom stereocenters. The molecule has 2 atom stereocenters. The number of carbonyl (C=O) groups is 2. The summed E-state index contributed by atoms with van der Waals surface area (Å²) in [4.78, 5) is 24.6. The fourth-order valence-corrected chi connectivity index (χ4v) is 12.1. The van der Waals surface area contributed by atoms with Gasteiger partial charge < -0.3 is 20.3 Å². The molecule has 0 saturated carbocycles. The van der Waals surface area contributed by atoms with Crippen LogP contribution in [0.4, 0.5) is 0 Å². The Balaban J connectivity index is 3.33. The second-order valence-corrected chi connectivity index (χ2v) is 25.6. The Morgan fingerprint density at radius 1 is 0.304 bits per heavy atom. The van der Waals surface area contributed by atoms with Crippen LogP contribution in [-0.4, -0.2) is 47.4 Å². The average molecular weight is 1120 g/mol. The number of carbonyl (C=O) groups excluding carboxylic acids is 2. The summed E-state index contributed by atoms with van der Waals surface area (Å²) in [6.45, 7) is 5.01. The van der Waals surface area contributed by atoms with Crippen LogP contribution in [0.2, 0.25) is 0 Å². The smallest absolute Gasteiger partial charge is 0.305 e. The zero-order valence-corrected chi connectivity index (χ0v) is 54.2. The molecule has 3 N–H and O–H groups in total. The number of esters is 1. The van der Waals surface area contributed by atoms with Crippen LogP contribution < -0.4 is 5.32 Å². The van der Waals surface area contributed by atoms with Gasteiger partial charge in [0, 0.05) is 12.8 Å². The Labute approximate surface area is 496 Å². The lowest BCUT2D eigenvalue weighted by Crippen LogP contribution is -2.45. The topological polar surface area (TPSA) is 95.9 Å². The number of amides is 1. The molecule has 0 radical (unpaired) electrons. The largest absolute Gasteiger partial charge is 0.466 e. The summed E-state index contributed by atoms with van der Waals surface area (Å²) in [6, 6.07) is -0.538. The lowest BCUT2D eigenvalue weighted by molar-refractivity contribution is -0.143. The van der Waals surface area contributed by atoms with E-state index in [1.807, 2.05) is 0 Å². The zero-order valence-electron chi connectivity index (χ0n) is 54.2. The number of nitrogens with one attached hydrogen (secondary N) is 1. The fraction of sp³-hybridized carbons (Fsp3) is 0.973. The lowest BCUT2D eigenvalue weighted by Gasteiger charge is -2.22. The summed E-state index contributed by atoms with van der Waals surface area (Å²) in [5.74, 6) is -0.00357. The third kappa shape index (κ3) is 65.9. The van der Waals surface area contributed by atoms with E-state index in [4.69, 9.17) is 4.74 Å². The van der Waals surface area contributed by atoms with E-state index in [-0.39, 0.29) is 18.5 Å². The second kappa shape index (κ2) is 69.4. The number of aliphatic hydroxyl groups excluding tert-OH is 2. The predicted octanol–water partition coefficient (Wildman–Crippen LogP) is 23.8. The molecule has 0 aliphatic carbocycles. The first-order valence-corrected chi connectivity index (χ1v) is 36.8. The monoisotopic (exact) mass is 1120 g/mol. The molecule has 0 aromatic rings. The summed E-state index contributed by atoms with van der Waals surface area (Å²) in [7, 11) is 0. The van der Waals surface area contributed by atoms with Crippen LogP contribution in [0.25, 0.3) is 0 Å². The van der Waals surface area contributed by atoms with Crippen molar-refractivity contribution in [2.75, 3.05) is 13.2 Å². The first-order chi connectivity index (χ1) is 39.0. The standard InChI is InChI=1S/C73H145NO5/c1-3-5-7-9-11-13-15-17-18-19-20-32-35-38-42-45-49-53-57-61-65-71(76)70(69-75)74-72(77)66-62-58-54-50-46-43-39-36-33-30-28-26-24-22-21-23-25-27-29-31-34-37-40-44-48-52-56-60-64-68-79-73(78)67-63-59-55-51-47-41-16-14-12-10-8-6-4-2/h70-71,75-76H,3-69H2,1-2H3,(H,74,77). The highest BCUT2D eigenvalue weighted by molar-refractivity contribution is 5.76. The van der Waals surface area contributed by atoms with Crippen molar-refractivity contribution in [1.29, 1.82) is 0 Å². The van der Waals surface area contributed by atoms with Crippen LogP contribution in [-0.2, 0) is 14.3 Å². The molecule has 0 fully saturated rings. The minimum Gasteiger partial charge on any atom is -0.466 e. The number of ether oxygens (including phenoxy) is 1. The molecule has 0 aromatic heterocycles. The quantitative estimate of drug-likeness (QED) is 0.0417. The summed E-state index contributed by atoms with van der Waals surface area (Å²) in [6.07, 6.45) is 84.5. The Morgan fingerprint density at radius 3 is 0.772 bits per heavy atom. The highest BCUT2D eigenvalue weighted by atomic mass is 16.5. The van der Waals surface area contributed by atoms with Crippen LogP contribution in [0.3, 0.4) is 0 Å². The highest BCUT2D eigenvalue weighted by Crippen LogP contribution is 2.20. The van der Waals surface area contributed by atoms with Crippen molar-refractivity contribution in [3.8, 4) is 0 Å². The van der Waals surface area contributed by atoms with Crippen LogP contribution in [0.15, 0.2) is 0 Å². The van der Waals surface area contributed by atoms with Gasteiger partial charge in [0.25, 0.3) is 0 Å². The first kappa shape index (κ1) is 77.9. The predicted molar refractivity (Wildman–Crippen MR) is 347 cm³/mol. The summed E-state index contributed by atoms with van der Waals surface area (Å²) in [5, 5.41) is 23.4. The molecule has 0 spiro atoms. The minimum atomic E-state index is -0.661. The van der Waals surface area contributed by atoms with Gasteiger partial charge in [0.1, 0.15) is 0 Å². The SMILES string of the molecule is CCCCCCCCCCCCCCCCCCCCCCC(O)C(CO)NC(=O)CCCCCCCCCCCCCCCCCCCCCCCCCCCCCCCOC(=O)CCCCCCCCCCCCCCC. The highest BCUT2D eigenvalue weighted by Gasteiger charge is 2.20. The van der Waals surface area contributed by atoms with Gasteiger partial charge in [0.15, 0.2) is 0 Å². The van der Waals surface area contributed by atoms with Crippen LogP contribution in [0.1, 0.15) is 431 Å². The van der Waals surface area contributed by atoms with Crippen molar-refractivity contribution in [3.05, 3.63) is 0 Å². The van der Waals surface area contributed by atoms with Gasteiger partial charge in [-0.2, -0.15) is 0 Å². The fourth-order valence-electron chi connectivity index (χ4n) is 12.1. The van der Waals surface area contributed by atoms with Gasteiger partial charge >= 0.3 is 5.97 Å².